The van der Waals surface area contributed by atoms with Crippen molar-refractivity contribution in [2.24, 2.45) is 5.92 Å². The molecular formula is C13H23N3O. The van der Waals surface area contributed by atoms with Crippen molar-refractivity contribution < 1.29 is 4.79 Å². The average Bonchev–Trinajstić information content (AvgIpc) is 2.65. The first kappa shape index (κ1) is 14.0. The molecule has 1 amide bonds. The van der Waals surface area contributed by atoms with Crippen molar-refractivity contribution >= 4 is 5.91 Å². The van der Waals surface area contributed by atoms with E-state index in [4.69, 9.17) is 5.26 Å². The van der Waals surface area contributed by atoms with E-state index in [9.17, 15) is 4.79 Å². The Kier molecular flexibility index (Phi) is 5.43. The van der Waals surface area contributed by atoms with Crippen LogP contribution in [0.4, 0.5) is 0 Å². The minimum atomic E-state index is -0.0826. The lowest BCUT2D eigenvalue weighted by Gasteiger charge is -2.21. The van der Waals surface area contributed by atoms with E-state index >= 15 is 0 Å². The Morgan fingerprint density at radius 1 is 1.53 bits per heavy atom. The predicted octanol–water partition coefficient (Wildman–Crippen LogP) is 1.48. The highest BCUT2D eigenvalue weighted by Crippen LogP contribution is 2.17. The summed E-state index contributed by atoms with van der Waals surface area (Å²) in [6.45, 7) is 6.88. The van der Waals surface area contributed by atoms with Crippen LogP contribution in [0.5, 0.6) is 0 Å². The summed E-state index contributed by atoms with van der Waals surface area (Å²) in [4.78, 5) is 15.7. The van der Waals surface area contributed by atoms with Gasteiger partial charge in [-0.1, -0.05) is 0 Å². The van der Waals surface area contributed by atoms with Crippen molar-refractivity contribution in [3.8, 4) is 6.07 Å². The van der Waals surface area contributed by atoms with E-state index in [1.807, 2.05) is 4.90 Å². The first-order valence-electron chi connectivity index (χ1n) is 6.42. The highest BCUT2D eigenvalue weighted by Gasteiger charge is 2.28. The van der Waals surface area contributed by atoms with Crippen molar-refractivity contribution in [2.45, 2.75) is 39.2 Å². The summed E-state index contributed by atoms with van der Waals surface area (Å²) in [6, 6.07) is 2.75. The van der Waals surface area contributed by atoms with Crippen LogP contribution in [0.1, 0.15) is 33.1 Å². The number of unbranched alkanes of at least 4 members (excludes halogenated alkanes) is 1. The first-order valence-corrected chi connectivity index (χ1v) is 6.42. The Hall–Kier alpha value is -1.08. The number of hydrogen-bond acceptors (Lipinski definition) is 3. The molecule has 4 heteroatoms. The van der Waals surface area contributed by atoms with Gasteiger partial charge in [0.1, 0.15) is 0 Å². The van der Waals surface area contributed by atoms with Gasteiger partial charge in [-0.3, -0.25) is 4.79 Å². The van der Waals surface area contributed by atoms with Crippen LogP contribution in [-0.2, 0) is 4.79 Å². The summed E-state index contributed by atoms with van der Waals surface area (Å²) in [5.41, 5.74) is 0. The van der Waals surface area contributed by atoms with Crippen LogP contribution in [0.25, 0.3) is 0 Å². The maximum absolute atomic E-state index is 11.5. The molecule has 1 fully saturated rings. The Morgan fingerprint density at radius 3 is 2.76 bits per heavy atom. The van der Waals surface area contributed by atoms with E-state index in [0.717, 1.165) is 25.9 Å². The van der Waals surface area contributed by atoms with E-state index < -0.39 is 0 Å². The number of likely N-dealkylation sites (tertiary alicyclic amines) is 1. The van der Waals surface area contributed by atoms with Crippen LogP contribution < -0.4 is 0 Å². The molecule has 1 rings (SSSR count). The molecule has 1 unspecified atom stereocenters. The van der Waals surface area contributed by atoms with Gasteiger partial charge >= 0.3 is 0 Å². The number of nitriles is 1. The number of carbonyl (C=O) groups excluding carboxylic acids is 1. The van der Waals surface area contributed by atoms with Crippen LogP contribution in [-0.4, -0.2) is 48.4 Å². The molecule has 0 spiro atoms. The number of carbonyl (C=O) groups is 1. The molecule has 0 N–H and O–H groups in total. The molecule has 1 aliphatic heterocycles. The molecule has 17 heavy (non-hydrogen) atoms. The van der Waals surface area contributed by atoms with Gasteiger partial charge in [0.05, 0.1) is 12.0 Å². The Morgan fingerprint density at radius 2 is 2.24 bits per heavy atom. The lowest BCUT2D eigenvalue weighted by Crippen LogP contribution is -2.29. The summed E-state index contributed by atoms with van der Waals surface area (Å²) in [5.74, 6) is 0.0644. The zero-order chi connectivity index (χ0) is 12.8. The fourth-order valence-electron chi connectivity index (χ4n) is 2.00. The van der Waals surface area contributed by atoms with Crippen molar-refractivity contribution in [2.75, 3.05) is 26.7 Å². The lowest BCUT2D eigenvalue weighted by atomic mass is 10.1. The molecule has 0 radical (unpaired) electrons. The van der Waals surface area contributed by atoms with Gasteiger partial charge in [-0.25, -0.2) is 0 Å². The summed E-state index contributed by atoms with van der Waals surface area (Å²) >= 11 is 0. The van der Waals surface area contributed by atoms with E-state index in [0.29, 0.717) is 19.0 Å². The molecule has 0 saturated carbocycles. The van der Waals surface area contributed by atoms with Crippen molar-refractivity contribution in [3.05, 3.63) is 0 Å². The molecule has 0 aromatic rings. The molecular weight excluding hydrogens is 214 g/mol. The normalized spacial score (nSPS) is 20.4. The fraction of sp³-hybridized carbons (Fsp3) is 0.846. The van der Waals surface area contributed by atoms with Crippen LogP contribution in [0.3, 0.4) is 0 Å². The fourth-order valence-corrected chi connectivity index (χ4v) is 2.00. The topological polar surface area (TPSA) is 47.3 Å². The highest BCUT2D eigenvalue weighted by atomic mass is 16.2. The maximum atomic E-state index is 11.5. The van der Waals surface area contributed by atoms with Gasteiger partial charge in [0.2, 0.25) is 5.91 Å². The Bertz CT molecular complexity index is 296. The number of amides is 1. The molecule has 4 nitrogen and oxygen atoms in total. The standard InChI is InChI=1S/C13H23N3O/c1-11(2)15(3)6-4-5-7-16-10-12(9-14)8-13(16)17/h11-12H,4-8,10H2,1-3H3. The average molecular weight is 237 g/mol. The van der Waals surface area contributed by atoms with Gasteiger partial charge < -0.3 is 9.80 Å². The molecule has 96 valence electrons. The molecule has 0 aromatic carbocycles. The molecule has 1 atom stereocenters. The zero-order valence-corrected chi connectivity index (χ0v) is 11.1. The number of rotatable bonds is 6. The monoisotopic (exact) mass is 237 g/mol. The predicted molar refractivity (Wildman–Crippen MR) is 67.3 cm³/mol. The van der Waals surface area contributed by atoms with Gasteiger partial charge in [-0.2, -0.15) is 5.26 Å². The SMILES string of the molecule is CC(C)N(C)CCCCN1CC(C#N)CC1=O. The second kappa shape index (κ2) is 6.61. The molecule has 0 aromatic heterocycles. The highest BCUT2D eigenvalue weighted by molar-refractivity contribution is 5.79. The van der Waals surface area contributed by atoms with E-state index in [1.165, 1.54) is 0 Å². The van der Waals surface area contributed by atoms with Gasteiger partial charge in [-0.05, 0) is 40.3 Å². The van der Waals surface area contributed by atoms with Gasteiger partial charge in [0, 0.05) is 25.6 Å². The summed E-state index contributed by atoms with van der Waals surface area (Å²) in [7, 11) is 2.12. The van der Waals surface area contributed by atoms with Crippen LogP contribution in [0.15, 0.2) is 0 Å². The third-order valence-electron chi connectivity index (χ3n) is 3.47. The Balaban J connectivity index is 2.16. The first-order chi connectivity index (χ1) is 8.04. The van der Waals surface area contributed by atoms with Crippen molar-refractivity contribution in [1.29, 1.82) is 5.26 Å². The van der Waals surface area contributed by atoms with Crippen LogP contribution in [0.2, 0.25) is 0 Å². The maximum Gasteiger partial charge on any atom is 0.224 e. The number of hydrogen-bond donors (Lipinski definition) is 0. The minimum absolute atomic E-state index is 0.0826. The quantitative estimate of drug-likeness (QED) is 0.657. The van der Waals surface area contributed by atoms with Crippen molar-refractivity contribution in [3.63, 3.8) is 0 Å². The smallest absolute Gasteiger partial charge is 0.224 e. The van der Waals surface area contributed by atoms with Gasteiger partial charge in [0.25, 0.3) is 0 Å². The van der Waals surface area contributed by atoms with Crippen LogP contribution >= 0.6 is 0 Å². The second-order valence-electron chi connectivity index (χ2n) is 5.15. The third kappa shape index (κ3) is 4.35. The lowest BCUT2D eigenvalue weighted by molar-refractivity contribution is -0.127. The van der Waals surface area contributed by atoms with Gasteiger partial charge in [0.15, 0.2) is 0 Å². The molecule has 0 aliphatic carbocycles. The molecule has 0 bridgehead atoms. The van der Waals surface area contributed by atoms with E-state index in [-0.39, 0.29) is 11.8 Å². The molecule has 1 heterocycles. The Labute approximate surface area is 104 Å². The minimum Gasteiger partial charge on any atom is -0.341 e. The summed E-state index contributed by atoms with van der Waals surface area (Å²) in [5, 5.41) is 8.77. The van der Waals surface area contributed by atoms with E-state index in [2.05, 4.69) is 31.9 Å². The van der Waals surface area contributed by atoms with E-state index in [1.54, 1.807) is 0 Å². The van der Waals surface area contributed by atoms with Gasteiger partial charge in [-0.15, -0.1) is 0 Å². The summed E-state index contributed by atoms with van der Waals surface area (Å²) in [6.07, 6.45) is 2.55. The van der Waals surface area contributed by atoms with Crippen LogP contribution in [0, 0.1) is 17.2 Å². The third-order valence-corrected chi connectivity index (χ3v) is 3.47. The largest absolute Gasteiger partial charge is 0.341 e. The summed E-state index contributed by atoms with van der Waals surface area (Å²) < 4.78 is 0. The second-order valence-corrected chi connectivity index (χ2v) is 5.15. The molecule has 1 aliphatic rings. The number of nitrogens with zero attached hydrogens (tertiary/aromatic N) is 3. The zero-order valence-electron chi connectivity index (χ0n) is 11.1. The van der Waals surface area contributed by atoms with Crippen molar-refractivity contribution in [1.82, 2.24) is 9.80 Å². The molecule has 1 saturated heterocycles.